The number of carbonyl (C=O) groups excluding carboxylic acids is 1. The van der Waals surface area contributed by atoms with Gasteiger partial charge in [0.2, 0.25) is 5.91 Å². The number of rotatable bonds is 3. The van der Waals surface area contributed by atoms with Crippen LogP contribution in [0.15, 0.2) is 24.3 Å². The predicted octanol–water partition coefficient (Wildman–Crippen LogP) is 2.85. The molecule has 0 saturated carbocycles. The number of piperidine rings is 1. The van der Waals surface area contributed by atoms with Gasteiger partial charge in [0.25, 0.3) is 0 Å². The van der Waals surface area contributed by atoms with Gasteiger partial charge >= 0.3 is 0 Å². The molecule has 2 rings (SSSR count). The number of amides is 1. The van der Waals surface area contributed by atoms with E-state index in [0.29, 0.717) is 18.4 Å². The van der Waals surface area contributed by atoms with Crippen LogP contribution in [0.5, 0.6) is 0 Å². The van der Waals surface area contributed by atoms with Gasteiger partial charge in [-0.3, -0.25) is 4.79 Å². The van der Waals surface area contributed by atoms with E-state index in [1.165, 1.54) is 12.0 Å². The zero-order chi connectivity index (χ0) is 13.8. The predicted molar refractivity (Wildman–Crippen MR) is 78.7 cm³/mol. The fraction of sp³-hybridized carbons (Fsp3) is 0.562. The lowest BCUT2D eigenvalue weighted by Gasteiger charge is -2.37. The second-order valence-corrected chi connectivity index (χ2v) is 5.82. The van der Waals surface area contributed by atoms with Crippen molar-refractivity contribution in [2.45, 2.75) is 45.6 Å². The molecular formula is C16H24N2O. The SMILES string of the molecule is CC1CCC(C)N(C(=O)CCc2ccc(N)cc2)C1. The maximum absolute atomic E-state index is 12.3. The van der Waals surface area contributed by atoms with Gasteiger partial charge in [-0.15, -0.1) is 0 Å². The number of carbonyl (C=O) groups is 1. The van der Waals surface area contributed by atoms with Crippen molar-refractivity contribution in [1.29, 1.82) is 0 Å². The molecule has 1 aromatic rings. The van der Waals surface area contributed by atoms with Crippen molar-refractivity contribution in [1.82, 2.24) is 4.90 Å². The average Bonchev–Trinajstić information content (AvgIpc) is 2.40. The van der Waals surface area contributed by atoms with Crippen LogP contribution < -0.4 is 5.73 Å². The summed E-state index contributed by atoms with van der Waals surface area (Å²) in [5.74, 6) is 0.924. The first-order valence-corrected chi connectivity index (χ1v) is 7.20. The molecule has 0 bridgehead atoms. The molecule has 0 aliphatic carbocycles. The lowest BCUT2D eigenvalue weighted by molar-refractivity contribution is -0.135. The van der Waals surface area contributed by atoms with Crippen LogP contribution in [-0.4, -0.2) is 23.4 Å². The Morgan fingerprint density at radius 1 is 1.26 bits per heavy atom. The number of likely N-dealkylation sites (tertiary alicyclic amines) is 1. The van der Waals surface area contributed by atoms with Crippen LogP contribution in [0, 0.1) is 5.92 Å². The molecule has 3 nitrogen and oxygen atoms in total. The molecule has 0 spiro atoms. The molecule has 104 valence electrons. The highest BCUT2D eigenvalue weighted by Crippen LogP contribution is 2.22. The molecule has 2 atom stereocenters. The minimum Gasteiger partial charge on any atom is -0.399 e. The summed E-state index contributed by atoms with van der Waals surface area (Å²) in [5.41, 5.74) is 7.61. The van der Waals surface area contributed by atoms with E-state index >= 15 is 0 Å². The van der Waals surface area contributed by atoms with Gasteiger partial charge in [0.05, 0.1) is 0 Å². The normalized spacial score (nSPS) is 23.4. The monoisotopic (exact) mass is 260 g/mol. The summed E-state index contributed by atoms with van der Waals surface area (Å²) >= 11 is 0. The van der Waals surface area contributed by atoms with Crippen molar-refractivity contribution in [2.24, 2.45) is 5.92 Å². The Balaban J connectivity index is 1.88. The molecule has 2 N–H and O–H groups in total. The summed E-state index contributed by atoms with van der Waals surface area (Å²) in [6.45, 7) is 5.31. The van der Waals surface area contributed by atoms with Gasteiger partial charge in [-0.05, 0) is 49.8 Å². The van der Waals surface area contributed by atoms with E-state index < -0.39 is 0 Å². The molecule has 1 saturated heterocycles. The quantitative estimate of drug-likeness (QED) is 0.849. The highest BCUT2D eigenvalue weighted by Gasteiger charge is 2.26. The van der Waals surface area contributed by atoms with Crippen LogP contribution in [0.2, 0.25) is 0 Å². The number of nitrogen functional groups attached to an aromatic ring is 1. The van der Waals surface area contributed by atoms with Crippen LogP contribution in [0.3, 0.4) is 0 Å². The number of aryl methyl sites for hydroxylation is 1. The van der Waals surface area contributed by atoms with Gasteiger partial charge in [0.1, 0.15) is 0 Å². The average molecular weight is 260 g/mol. The van der Waals surface area contributed by atoms with E-state index in [2.05, 4.69) is 18.7 Å². The molecule has 0 aromatic heterocycles. The summed E-state index contributed by atoms with van der Waals surface area (Å²) in [4.78, 5) is 14.4. The number of nitrogens with zero attached hydrogens (tertiary/aromatic N) is 1. The van der Waals surface area contributed by atoms with Crippen LogP contribution in [0.1, 0.15) is 38.7 Å². The van der Waals surface area contributed by atoms with E-state index in [1.54, 1.807) is 0 Å². The molecule has 1 aliphatic heterocycles. The molecule has 1 amide bonds. The third kappa shape index (κ3) is 3.72. The summed E-state index contributed by atoms with van der Waals surface area (Å²) in [6, 6.07) is 8.20. The van der Waals surface area contributed by atoms with Crippen molar-refractivity contribution in [2.75, 3.05) is 12.3 Å². The fourth-order valence-corrected chi connectivity index (χ4v) is 2.72. The van der Waals surface area contributed by atoms with Gasteiger partial charge < -0.3 is 10.6 Å². The molecule has 2 unspecified atom stereocenters. The third-order valence-corrected chi connectivity index (χ3v) is 4.05. The van der Waals surface area contributed by atoms with Gasteiger partial charge in [0.15, 0.2) is 0 Å². The largest absolute Gasteiger partial charge is 0.399 e. The highest BCUT2D eigenvalue weighted by molar-refractivity contribution is 5.77. The maximum Gasteiger partial charge on any atom is 0.223 e. The second-order valence-electron chi connectivity index (χ2n) is 5.82. The van der Waals surface area contributed by atoms with Gasteiger partial charge in [0, 0.05) is 24.7 Å². The minimum absolute atomic E-state index is 0.288. The number of benzene rings is 1. The number of hydrogen-bond donors (Lipinski definition) is 1. The molecule has 1 heterocycles. The van der Waals surface area contributed by atoms with Gasteiger partial charge in [-0.25, -0.2) is 0 Å². The standard InChI is InChI=1S/C16H24N2O/c1-12-3-4-13(2)18(11-12)16(19)10-7-14-5-8-15(17)9-6-14/h5-6,8-9,12-13H,3-4,7,10-11,17H2,1-2H3. The minimum atomic E-state index is 0.288. The first-order chi connectivity index (χ1) is 9.06. The van der Waals surface area contributed by atoms with Crippen LogP contribution in [0.25, 0.3) is 0 Å². The molecule has 0 radical (unpaired) electrons. The molecule has 1 fully saturated rings. The second kappa shape index (κ2) is 6.09. The van der Waals surface area contributed by atoms with E-state index in [9.17, 15) is 4.79 Å². The first kappa shape index (κ1) is 13.9. The Morgan fingerprint density at radius 3 is 2.63 bits per heavy atom. The summed E-state index contributed by atoms with van der Waals surface area (Å²) in [6.07, 6.45) is 3.77. The van der Waals surface area contributed by atoms with E-state index in [-0.39, 0.29) is 5.91 Å². The number of hydrogen-bond acceptors (Lipinski definition) is 2. The molecule has 1 aromatic carbocycles. The van der Waals surface area contributed by atoms with E-state index in [0.717, 1.165) is 25.1 Å². The summed E-state index contributed by atoms with van der Waals surface area (Å²) in [7, 11) is 0. The Hall–Kier alpha value is -1.51. The van der Waals surface area contributed by atoms with Crippen molar-refractivity contribution in [3.05, 3.63) is 29.8 Å². The lowest BCUT2D eigenvalue weighted by atomic mass is 9.94. The lowest BCUT2D eigenvalue weighted by Crippen LogP contribution is -2.45. The first-order valence-electron chi connectivity index (χ1n) is 7.20. The summed E-state index contributed by atoms with van der Waals surface area (Å²) in [5, 5.41) is 0. The molecular weight excluding hydrogens is 236 g/mol. The van der Waals surface area contributed by atoms with Crippen LogP contribution in [0.4, 0.5) is 5.69 Å². The van der Waals surface area contributed by atoms with Crippen molar-refractivity contribution < 1.29 is 4.79 Å². The Bertz CT molecular complexity index is 427. The fourth-order valence-electron chi connectivity index (χ4n) is 2.72. The smallest absolute Gasteiger partial charge is 0.223 e. The zero-order valence-corrected chi connectivity index (χ0v) is 11.9. The highest BCUT2D eigenvalue weighted by atomic mass is 16.2. The molecule has 19 heavy (non-hydrogen) atoms. The topological polar surface area (TPSA) is 46.3 Å². The molecule has 1 aliphatic rings. The Morgan fingerprint density at radius 2 is 1.95 bits per heavy atom. The van der Waals surface area contributed by atoms with Crippen molar-refractivity contribution in [3.63, 3.8) is 0 Å². The maximum atomic E-state index is 12.3. The van der Waals surface area contributed by atoms with Crippen LogP contribution in [-0.2, 0) is 11.2 Å². The van der Waals surface area contributed by atoms with Gasteiger partial charge in [-0.2, -0.15) is 0 Å². The van der Waals surface area contributed by atoms with Crippen molar-refractivity contribution >= 4 is 11.6 Å². The zero-order valence-electron chi connectivity index (χ0n) is 11.9. The Kier molecular flexibility index (Phi) is 4.46. The number of nitrogens with two attached hydrogens (primary N) is 1. The van der Waals surface area contributed by atoms with Crippen molar-refractivity contribution in [3.8, 4) is 0 Å². The van der Waals surface area contributed by atoms with E-state index in [1.807, 2.05) is 24.3 Å². The number of anilines is 1. The summed E-state index contributed by atoms with van der Waals surface area (Å²) < 4.78 is 0. The van der Waals surface area contributed by atoms with Gasteiger partial charge in [-0.1, -0.05) is 19.1 Å². The Labute approximate surface area is 115 Å². The van der Waals surface area contributed by atoms with Crippen LogP contribution >= 0.6 is 0 Å². The third-order valence-electron chi connectivity index (χ3n) is 4.05. The molecule has 3 heteroatoms. The van der Waals surface area contributed by atoms with E-state index in [4.69, 9.17) is 5.73 Å².